The van der Waals surface area contributed by atoms with Gasteiger partial charge in [0.1, 0.15) is 0 Å². The molecule has 2 aliphatic carbocycles. The van der Waals surface area contributed by atoms with Gasteiger partial charge >= 0.3 is 0 Å². The molecule has 0 saturated heterocycles. The smallest absolute Gasteiger partial charge is 0.0738 e. The van der Waals surface area contributed by atoms with E-state index in [9.17, 15) is 0 Å². The number of hydrogen-bond donors (Lipinski definition) is 1. The second-order valence-corrected chi connectivity index (χ2v) is 4.51. The molecule has 0 unspecified atom stereocenters. The molecule has 0 radical (unpaired) electrons. The van der Waals surface area contributed by atoms with Gasteiger partial charge in [-0.05, 0) is 37.0 Å². The van der Waals surface area contributed by atoms with Gasteiger partial charge in [0.15, 0.2) is 0 Å². The minimum atomic E-state index is 0.523. The highest BCUT2D eigenvalue weighted by molar-refractivity contribution is 4.98. The fourth-order valence-electron chi connectivity index (χ4n) is 2.71. The van der Waals surface area contributed by atoms with Gasteiger partial charge in [-0.15, -0.1) is 0 Å². The molecule has 2 nitrogen and oxygen atoms in total. The van der Waals surface area contributed by atoms with Gasteiger partial charge in [0.2, 0.25) is 0 Å². The molecule has 0 aromatic heterocycles. The lowest BCUT2D eigenvalue weighted by Gasteiger charge is -2.29. The van der Waals surface area contributed by atoms with Gasteiger partial charge in [0.25, 0.3) is 0 Å². The first kappa shape index (κ1) is 8.52. The van der Waals surface area contributed by atoms with Crippen LogP contribution in [0.4, 0.5) is 0 Å². The first-order valence-electron chi connectivity index (χ1n) is 5.19. The Bertz CT molecular complexity index is 148. The quantitative estimate of drug-likeness (QED) is 0.657. The number of rotatable bonds is 3. The summed E-state index contributed by atoms with van der Waals surface area (Å²) in [6.07, 6.45) is 9.85. The van der Waals surface area contributed by atoms with Crippen molar-refractivity contribution in [2.45, 2.75) is 44.9 Å². The van der Waals surface area contributed by atoms with Crippen molar-refractivity contribution in [1.82, 2.24) is 0 Å². The molecule has 2 rings (SSSR count). The largest absolute Gasteiger partial charge is 0.304 e. The zero-order valence-corrected chi connectivity index (χ0v) is 7.72. The first-order chi connectivity index (χ1) is 5.87. The maximum Gasteiger partial charge on any atom is 0.0738 e. The van der Waals surface area contributed by atoms with Gasteiger partial charge in [-0.25, -0.2) is 5.90 Å². The normalized spacial score (nSPS) is 28.8. The molecule has 12 heavy (non-hydrogen) atoms. The summed E-state index contributed by atoms with van der Waals surface area (Å²) >= 11 is 0. The lowest BCUT2D eigenvalue weighted by atomic mass is 9.78. The second-order valence-electron chi connectivity index (χ2n) is 4.51. The van der Waals surface area contributed by atoms with Crippen molar-refractivity contribution >= 4 is 0 Å². The van der Waals surface area contributed by atoms with E-state index in [4.69, 9.17) is 10.7 Å². The highest BCUT2D eigenvalue weighted by Gasteiger charge is 2.49. The van der Waals surface area contributed by atoms with Gasteiger partial charge in [0.05, 0.1) is 6.61 Å². The molecule has 0 atom stereocenters. The standard InChI is InChI=1S/C10H19NO/c11-12-8-10(6-7-10)9-4-2-1-3-5-9/h9H,1-8,11H2. The number of nitrogens with two attached hydrogens (primary N) is 1. The molecule has 2 saturated carbocycles. The van der Waals surface area contributed by atoms with Crippen molar-refractivity contribution in [3.8, 4) is 0 Å². The molecule has 0 aliphatic heterocycles. The Morgan fingerprint density at radius 2 is 1.83 bits per heavy atom. The van der Waals surface area contributed by atoms with Gasteiger partial charge < -0.3 is 4.84 Å². The summed E-state index contributed by atoms with van der Waals surface area (Å²) in [5.74, 6) is 6.09. The highest BCUT2D eigenvalue weighted by atomic mass is 16.6. The molecule has 2 fully saturated rings. The summed E-state index contributed by atoms with van der Waals surface area (Å²) in [5.41, 5.74) is 0.523. The van der Waals surface area contributed by atoms with E-state index >= 15 is 0 Å². The summed E-state index contributed by atoms with van der Waals surface area (Å²) in [5, 5.41) is 0. The Morgan fingerprint density at radius 1 is 1.17 bits per heavy atom. The number of hydrogen-bond acceptors (Lipinski definition) is 2. The van der Waals surface area contributed by atoms with Gasteiger partial charge in [0, 0.05) is 0 Å². The van der Waals surface area contributed by atoms with E-state index in [0.717, 1.165) is 12.5 Å². The van der Waals surface area contributed by atoms with E-state index in [0.29, 0.717) is 5.41 Å². The Hall–Kier alpha value is -0.0800. The van der Waals surface area contributed by atoms with E-state index in [1.807, 2.05) is 0 Å². The van der Waals surface area contributed by atoms with Crippen molar-refractivity contribution in [3.05, 3.63) is 0 Å². The van der Waals surface area contributed by atoms with Crippen LogP contribution in [0.5, 0.6) is 0 Å². The second kappa shape index (κ2) is 3.35. The topological polar surface area (TPSA) is 35.2 Å². The molecule has 0 spiro atoms. The van der Waals surface area contributed by atoms with Crippen LogP contribution in [0.2, 0.25) is 0 Å². The van der Waals surface area contributed by atoms with Crippen molar-refractivity contribution in [3.63, 3.8) is 0 Å². The van der Waals surface area contributed by atoms with Crippen LogP contribution in [-0.2, 0) is 4.84 Å². The fraction of sp³-hybridized carbons (Fsp3) is 1.00. The average molecular weight is 169 g/mol. The third kappa shape index (κ3) is 1.50. The molecule has 70 valence electrons. The zero-order chi connectivity index (χ0) is 8.44. The summed E-state index contributed by atoms with van der Waals surface area (Å²) < 4.78 is 0. The molecule has 2 N–H and O–H groups in total. The van der Waals surface area contributed by atoms with Crippen molar-refractivity contribution in [2.24, 2.45) is 17.2 Å². The van der Waals surface area contributed by atoms with Crippen molar-refractivity contribution in [2.75, 3.05) is 6.61 Å². The van der Waals surface area contributed by atoms with Crippen LogP contribution in [0.15, 0.2) is 0 Å². The van der Waals surface area contributed by atoms with E-state index in [-0.39, 0.29) is 0 Å². The molecule has 0 amide bonds. The lowest BCUT2D eigenvalue weighted by Crippen LogP contribution is -2.25. The Labute approximate surface area is 74.4 Å². The van der Waals surface area contributed by atoms with Crippen molar-refractivity contribution < 1.29 is 4.84 Å². The monoisotopic (exact) mass is 169 g/mol. The minimum Gasteiger partial charge on any atom is -0.304 e. The summed E-state index contributed by atoms with van der Waals surface area (Å²) in [7, 11) is 0. The Morgan fingerprint density at radius 3 is 2.33 bits per heavy atom. The molecule has 0 bridgehead atoms. The first-order valence-corrected chi connectivity index (χ1v) is 5.19. The summed E-state index contributed by atoms with van der Waals surface area (Å²) in [4.78, 5) is 4.82. The van der Waals surface area contributed by atoms with Crippen LogP contribution in [0.25, 0.3) is 0 Å². The van der Waals surface area contributed by atoms with Crippen LogP contribution < -0.4 is 5.90 Å². The molecule has 0 heterocycles. The molecular weight excluding hydrogens is 150 g/mol. The third-order valence-corrected chi connectivity index (χ3v) is 3.73. The lowest BCUT2D eigenvalue weighted by molar-refractivity contribution is 0.0537. The maximum absolute atomic E-state index is 5.16. The molecule has 2 heteroatoms. The zero-order valence-electron chi connectivity index (χ0n) is 7.72. The fourth-order valence-corrected chi connectivity index (χ4v) is 2.71. The van der Waals surface area contributed by atoms with Crippen LogP contribution in [-0.4, -0.2) is 6.61 Å². The van der Waals surface area contributed by atoms with Crippen LogP contribution in [0.1, 0.15) is 44.9 Å². The summed E-state index contributed by atoms with van der Waals surface area (Å²) in [6.45, 7) is 0.803. The van der Waals surface area contributed by atoms with Gasteiger partial charge in [-0.3, -0.25) is 0 Å². The van der Waals surface area contributed by atoms with Gasteiger partial charge in [-0.1, -0.05) is 19.3 Å². The van der Waals surface area contributed by atoms with Gasteiger partial charge in [-0.2, -0.15) is 0 Å². The van der Waals surface area contributed by atoms with Crippen LogP contribution in [0.3, 0.4) is 0 Å². The Kier molecular flexibility index (Phi) is 2.37. The van der Waals surface area contributed by atoms with Crippen LogP contribution in [0, 0.1) is 11.3 Å². The molecule has 0 aromatic carbocycles. The van der Waals surface area contributed by atoms with E-state index < -0.39 is 0 Å². The SMILES string of the molecule is NOCC1(C2CCCCC2)CC1. The third-order valence-electron chi connectivity index (χ3n) is 3.73. The highest BCUT2D eigenvalue weighted by Crippen LogP contribution is 2.56. The molecular formula is C10H19NO. The predicted octanol–water partition coefficient (Wildman–Crippen LogP) is 2.24. The predicted molar refractivity (Wildman–Crippen MR) is 48.4 cm³/mol. The maximum atomic E-state index is 5.16. The van der Waals surface area contributed by atoms with E-state index in [1.165, 1.54) is 44.9 Å². The molecule has 2 aliphatic rings. The average Bonchev–Trinajstić information content (AvgIpc) is 2.88. The minimum absolute atomic E-state index is 0.523. The van der Waals surface area contributed by atoms with Crippen LogP contribution >= 0.6 is 0 Å². The summed E-state index contributed by atoms with van der Waals surface area (Å²) in [6, 6.07) is 0. The van der Waals surface area contributed by atoms with E-state index in [1.54, 1.807) is 0 Å². The molecule has 0 aromatic rings. The Balaban J connectivity index is 1.88. The van der Waals surface area contributed by atoms with E-state index in [2.05, 4.69) is 0 Å². The van der Waals surface area contributed by atoms with Crippen molar-refractivity contribution in [1.29, 1.82) is 0 Å².